The van der Waals surface area contributed by atoms with Gasteiger partial charge >= 0.3 is 0 Å². The van der Waals surface area contributed by atoms with E-state index in [1.165, 1.54) is 5.56 Å². The Labute approximate surface area is 167 Å². The maximum Gasteiger partial charge on any atom is 0.161 e. The quantitative estimate of drug-likeness (QED) is 0.588. The summed E-state index contributed by atoms with van der Waals surface area (Å²) in [5.74, 6) is 1.55. The fraction of sp³-hybridized carbons (Fsp3) is 0.280. The van der Waals surface area contributed by atoms with Gasteiger partial charge in [-0.2, -0.15) is 0 Å². The molecule has 3 aromatic carbocycles. The molecule has 1 atom stereocenters. The van der Waals surface area contributed by atoms with Crippen LogP contribution in [0.15, 0.2) is 78.9 Å². The highest BCUT2D eigenvalue weighted by molar-refractivity contribution is 5.48. The maximum absolute atomic E-state index is 6.28. The first-order valence-electron chi connectivity index (χ1n) is 9.91. The smallest absolute Gasteiger partial charge is 0.161 e. The van der Waals surface area contributed by atoms with E-state index in [2.05, 4.69) is 43.3 Å². The molecule has 0 spiro atoms. The van der Waals surface area contributed by atoms with E-state index >= 15 is 0 Å². The third-order valence-corrected chi connectivity index (χ3v) is 5.65. The highest BCUT2D eigenvalue weighted by Crippen LogP contribution is 2.51. The lowest BCUT2D eigenvalue weighted by molar-refractivity contribution is 0.255. The molecule has 0 heterocycles. The summed E-state index contributed by atoms with van der Waals surface area (Å²) in [6.45, 7) is 3.12. The molecule has 0 aliphatic heterocycles. The van der Waals surface area contributed by atoms with Gasteiger partial charge in [-0.05, 0) is 48.6 Å². The van der Waals surface area contributed by atoms with Crippen molar-refractivity contribution in [2.75, 3.05) is 0 Å². The predicted octanol–water partition coefficient (Wildman–Crippen LogP) is 5.22. The molecule has 1 unspecified atom stereocenters. The molecule has 1 fully saturated rings. The van der Waals surface area contributed by atoms with E-state index in [1.54, 1.807) is 0 Å². The van der Waals surface area contributed by atoms with Crippen molar-refractivity contribution in [2.45, 2.75) is 44.4 Å². The van der Waals surface area contributed by atoms with E-state index in [0.717, 1.165) is 35.5 Å². The minimum absolute atomic E-state index is 0.0861. The second-order valence-electron chi connectivity index (χ2n) is 7.65. The Hall–Kier alpha value is -2.78. The SMILES string of the molecule is CC(N)C1(c2ccc(OCc3ccccc3)c(OCc3ccccc3)c2)CC1. The normalized spacial score (nSPS) is 15.6. The van der Waals surface area contributed by atoms with Crippen LogP contribution < -0.4 is 15.2 Å². The lowest BCUT2D eigenvalue weighted by atomic mass is 9.89. The number of rotatable bonds is 8. The summed E-state index contributed by atoms with van der Waals surface area (Å²) >= 11 is 0. The predicted molar refractivity (Wildman–Crippen MR) is 113 cm³/mol. The van der Waals surface area contributed by atoms with Gasteiger partial charge in [0.2, 0.25) is 0 Å². The van der Waals surface area contributed by atoms with Crippen LogP contribution in [0.5, 0.6) is 11.5 Å². The minimum atomic E-state index is 0.0861. The topological polar surface area (TPSA) is 44.5 Å². The molecule has 144 valence electrons. The average molecular weight is 373 g/mol. The molecule has 0 radical (unpaired) electrons. The Morgan fingerprint density at radius 1 is 0.786 bits per heavy atom. The highest BCUT2D eigenvalue weighted by atomic mass is 16.5. The second-order valence-corrected chi connectivity index (χ2v) is 7.65. The number of ether oxygens (including phenoxy) is 2. The van der Waals surface area contributed by atoms with E-state index in [1.807, 2.05) is 42.5 Å². The molecule has 1 aliphatic rings. The van der Waals surface area contributed by atoms with Gasteiger partial charge in [-0.25, -0.2) is 0 Å². The molecule has 3 aromatic rings. The Morgan fingerprint density at radius 2 is 1.32 bits per heavy atom. The number of hydrogen-bond donors (Lipinski definition) is 1. The molecule has 0 amide bonds. The summed E-state index contributed by atoms with van der Waals surface area (Å²) in [7, 11) is 0. The average Bonchev–Trinajstić information content (AvgIpc) is 3.55. The summed E-state index contributed by atoms with van der Waals surface area (Å²) in [6, 6.07) is 26.8. The molecular weight excluding hydrogens is 346 g/mol. The van der Waals surface area contributed by atoms with E-state index < -0.39 is 0 Å². The molecule has 3 nitrogen and oxygen atoms in total. The Balaban J connectivity index is 1.56. The van der Waals surface area contributed by atoms with Crippen molar-refractivity contribution in [3.63, 3.8) is 0 Å². The summed E-state index contributed by atoms with van der Waals surface area (Å²) in [4.78, 5) is 0. The molecule has 3 heteroatoms. The first kappa shape index (κ1) is 18.6. The first-order chi connectivity index (χ1) is 13.7. The van der Waals surface area contributed by atoms with Gasteiger partial charge in [0.15, 0.2) is 11.5 Å². The van der Waals surface area contributed by atoms with Crippen LogP contribution in [-0.2, 0) is 18.6 Å². The van der Waals surface area contributed by atoms with Gasteiger partial charge in [-0.15, -0.1) is 0 Å². The van der Waals surface area contributed by atoms with Gasteiger partial charge < -0.3 is 15.2 Å². The fourth-order valence-electron chi connectivity index (χ4n) is 3.66. The van der Waals surface area contributed by atoms with Crippen LogP contribution in [0.4, 0.5) is 0 Å². The van der Waals surface area contributed by atoms with Gasteiger partial charge in [0, 0.05) is 11.5 Å². The molecule has 4 rings (SSSR count). The second kappa shape index (κ2) is 8.07. The molecule has 1 saturated carbocycles. The molecule has 0 aromatic heterocycles. The van der Waals surface area contributed by atoms with Gasteiger partial charge in [-0.3, -0.25) is 0 Å². The van der Waals surface area contributed by atoms with Crippen LogP contribution in [0, 0.1) is 0 Å². The van der Waals surface area contributed by atoms with E-state index in [9.17, 15) is 0 Å². The number of nitrogens with two attached hydrogens (primary N) is 1. The van der Waals surface area contributed by atoms with Crippen LogP contribution in [0.3, 0.4) is 0 Å². The van der Waals surface area contributed by atoms with E-state index in [4.69, 9.17) is 15.2 Å². The lowest BCUT2D eigenvalue weighted by Gasteiger charge is -2.22. The lowest BCUT2D eigenvalue weighted by Crippen LogP contribution is -2.31. The van der Waals surface area contributed by atoms with Gasteiger partial charge in [0.1, 0.15) is 13.2 Å². The van der Waals surface area contributed by atoms with Crippen LogP contribution in [0.1, 0.15) is 36.5 Å². The Kier molecular flexibility index (Phi) is 5.36. The summed E-state index contributed by atoms with van der Waals surface area (Å²) < 4.78 is 12.3. The number of benzene rings is 3. The van der Waals surface area contributed by atoms with Crippen LogP contribution in [0.2, 0.25) is 0 Å². The van der Waals surface area contributed by atoms with Crippen molar-refractivity contribution in [1.29, 1.82) is 0 Å². The van der Waals surface area contributed by atoms with Crippen LogP contribution in [-0.4, -0.2) is 6.04 Å². The van der Waals surface area contributed by atoms with Crippen molar-refractivity contribution in [2.24, 2.45) is 5.73 Å². The molecule has 1 aliphatic carbocycles. The van der Waals surface area contributed by atoms with Crippen molar-refractivity contribution >= 4 is 0 Å². The standard InChI is InChI=1S/C25H27NO2/c1-19(26)25(14-15-25)22-12-13-23(27-17-20-8-4-2-5-9-20)24(16-22)28-18-21-10-6-3-7-11-21/h2-13,16,19H,14-15,17-18,26H2,1H3. The van der Waals surface area contributed by atoms with Gasteiger partial charge in [0.25, 0.3) is 0 Å². The van der Waals surface area contributed by atoms with Crippen molar-refractivity contribution in [3.8, 4) is 11.5 Å². The third kappa shape index (κ3) is 4.05. The number of hydrogen-bond acceptors (Lipinski definition) is 3. The molecule has 2 N–H and O–H groups in total. The molecule has 0 saturated heterocycles. The van der Waals surface area contributed by atoms with E-state index in [0.29, 0.717) is 13.2 Å². The zero-order valence-electron chi connectivity index (χ0n) is 16.3. The fourth-order valence-corrected chi connectivity index (χ4v) is 3.66. The molecule has 28 heavy (non-hydrogen) atoms. The van der Waals surface area contributed by atoms with E-state index in [-0.39, 0.29) is 11.5 Å². The summed E-state index contributed by atoms with van der Waals surface area (Å²) in [6.07, 6.45) is 2.26. The van der Waals surface area contributed by atoms with Gasteiger partial charge in [-0.1, -0.05) is 66.7 Å². The Morgan fingerprint density at radius 3 is 1.82 bits per heavy atom. The van der Waals surface area contributed by atoms with Crippen molar-refractivity contribution in [3.05, 3.63) is 95.6 Å². The highest BCUT2D eigenvalue weighted by Gasteiger charge is 2.47. The minimum Gasteiger partial charge on any atom is -0.485 e. The molecular formula is C25H27NO2. The first-order valence-corrected chi connectivity index (χ1v) is 9.91. The summed E-state index contributed by atoms with van der Waals surface area (Å²) in [5.41, 5.74) is 9.88. The monoisotopic (exact) mass is 373 g/mol. The maximum atomic E-state index is 6.28. The summed E-state index contributed by atoms with van der Waals surface area (Å²) in [5, 5.41) is 0. The molecule has 0 bridgehead atoms. The zero-order chi connectivity index (χ0) is 19.4. The third-order valence-electron chi connectivity index (χ3n) is 5.65. The van der Waals surface area contributed by atoms with Crippen LogP contribution in [0.25, 0.3) is 0 Å². The van der Waals surface area contributed by atoms with Crippen molar-refractivity contribution in [1.82, 2.24) is 0 Å². The Bertz CT molecular complexity index is 902. The van der Waals surface area contributed by atoms with Crippen LogP contribution >= 0.6 is 0 Å². The van der Waals surface area contributed by atoms with Gasteiger partial charge in [0.05, 0.1) is 0 Å². The largest absolute Gasteiger partial charge is 0.485 e. The zero-order valence-corrected chi connectivity index (χ0v) is 16.3. The van der Waals surface area contributed by atoms with Crippen molar-refractivity contribution < 1.29 is 9.47 Å².